The lowest BCUT2D eigenvalue weighted by Gasteiger charge is -2.16. The maximum absolute atomic E-state index is 5.38. The van der Waals surface area contributed by atoms with E-state index in [1.54, 1.807) is 11.8 Å². The number of hydrogen-bond donors (Lipinski definition) is 2. The summed E-state index contributed by atoms with van der Waals surface area (Å²) in [6.45, 7) is 6.38. The van der Waals surface area contributed by atoms with E-state index in [0.717, 1.165) is 0 Å². The largest absolute Gasteiger partial charge is 0.385 e. The predicted molar refractivity (Wildman–Crippen MR) is 48.0 cm³/mol. The minimum Gasteiger partial charge on any atom is -0.385 e. The smallest absolute Gasteiger partial charge is 0.129 e. The number of amidine groups is 1. The van der Waals surface area contributed by atoms with Crippen LogP contribution in [-0.2, 0) is 0 Å². The molecule has 0 aliphatic heterocycles. The number of nitrogens with zero attached hydrogens (tertiary/aromatic N) is 1. The Balaban J connectivity index is 3.56. The average Bonchev–Trinajstić information content (AvgIpc) is 1.81. The molecule has 0 spiro atoms. The van der Waals surface area contributed by atoms with E-state index in [9.17, 15) is 0 Å². The SMILES string of the molecule is CC(C)(C)SCC(N)=NN. The Morgan fingerprint density at radius 3 is 2.30 bits per heavy atom. The second kappa shape index (κ2) is 3.71. The molecule has 0 bridgehead atoms. The Morgan fingerprint density at radius 2 is 2.00 bits per heavy atom. The van der Waals surface area contributed by atoms with Crippen molar-refractivity contribution in [2.24, 2.45) is 16.7 Å². The van der Waals surface area contributed by atoms with Crippen LogP contribution in [0.25, 0.3) is 0 Å². The summed E-state index contributed by atoms with van der Waals surface area (Å²) in [5, 5.41) is 3.37. The van der Waals surface area contributed by atoms with Crippen molar-refractivity contribution >= 4 is 17.6 Å². The van der Waals surface area contributed by atoms with Gasteiger partial charge in [0.05, 0.1) is 5.75 Å². The molecule has 60 valence electrons. The van der Waals surface area contributed by atoms with Crippen LogP contribution in [0.2, 0.25) is 0 Å². The molecule has 0 atom stereocenters. The Labute approximate surface area is 66.2 Å². The number of hydrogen-bond acceptors (Lipinski definition) is 3. The van der Waals surface area contributed by atoms with Crippen LogP contribution in [0.15, 0.2) is 5.10 Å². The lowest BCUT2D eigenvalue weighted by molar-refractivity contribution is 0.805. The van der Waals surface area contributed by atoms with Gasteiger partial charge in [0.15, 0.2) is 0 Å². The molecule has 0 fully saturated rings. The summed E-state index contributed by atoms with van der Waals surface area (Å²) in [5.74, 6) is 6.16. The van der Waals surface area contributed by atoms with E-state index in [-0.39, 0.29) is 4.75 Å². The van der Waals surface area contributed by atoms with E-state index < -0.39 is 0 Å². The third kappa shape index (κ3) is 5.75. The second-order valence-corrected chi connectivity index (χ2v) is 4.82. The van der Waals surface area contributed by atoms with Crippen molar-refractivity contribution in [3.05, 3.63) is 0 Å². The number of nitrogens with two attached hydrogens (primary N) is 2. The van der Waals surface area contributed by atoms with Crippen LogP contribution in [0, 0.1) is 0 Å². The second-order valence-electron chi connectivity index (χ2n) is 3.02. The fourth-order valence-electron chi connectivity index (χ4n) is 0.328. The topological polar surface area (TPSA) is 64.4 Å². The zero-order valence-electron chi connectivity index (χ0n) is 6.72. The van der Waals surface area contributed by atoms with E-state index in [0.29, 0.717) is 11.6 Å². The molecule has 0 rings (SSSR count). The summed E-state index contributed by atoms with van der Waals surface area (Å²) >= 11 is 1.73. The van der Waals surface area contributed by atoms with Crippen LogP contribution in [0.1, 0.15) is 20.8 Å². The molecule has 10 heavy (non-hydrogen) atoms. The van der Waals surface area contributed by atoms with E-state index in [2.05, 4.69) is 25.9 Å². The Bertz CT molecular complexity index is 125. The highest BCUT2D eigenvalue weighted by Crippen LogP contribution is 2.22. The van der Waals surface area contributed by atoms with Crippen LogP contribution in [-0.4, -0.2) is 16.3 Å². The van der Waals surface area contributed by atoms with Gasteiger partial charge in [0.2, 0.25) is 0 Å². The van der Waals surface area contributed by atoms with Gasteiger partial charge in [-0.2, -0.15) is 5.10 Å². The Hall–Kier alpha value is -0.380. The van der Waals surface area contributed by atoms with E-state index >= 15 is 0 Å². The number of thioether (sulfide) groups is 1. The zero-order valence-corrected chi connectivity index (χ0v) is 7.53. The molecule has 0 aromatic heterocycles. The molecular weight excluding hydrogens is 146 g/mol. The zero-order chi connectivity index (χ0) is 8.20. The molecule has 3 nitrogen and oxygen atoms in total. The molecule has 0 aromatic carbocycles. The van der Waals surface area contributed by atoms with E-state index in [1.807, 2.05) is 0 Å². The van der Waals surface area contributed by atoms with Gasteiger partial charge in [-0.05, 0) is 0 Å². The number of hydrazone groups is 1. The van der Waals surface area contributed by atoms with Crippen molar-refractivity contribution in [2.45, 2.75) is 25.5 Å². The molecule has 0 saturated carbocycles. The molecule has 0 radical (unpaired) electrons. The van der Waals surface area contributed by atoms with E-state index in [1.165, 1.54) is 0 Å². The van der Waals surface area contributed by atoms with Crippen molar-refractivity contribution < 1.29 is 0 Å². The molecule has 4 N–H and O–H groups in total. The lowest BCUT2D eigenvalue weighted by atomic mass is 10.3. The van der Waals surface area contributed by atoms with Crippen molar-refractivity contribution in [1.82, 2.24) is 0 Å². The summed E-state index contributed by atoms with van der Waals surface area (Å²) < 4.78 is 0.231. The summed E-state index contributed by atoms with van der Waals surface area (Å²) in [4.78, 5) is 0. The van der Waals surface area contributed by atoms with Crippen molar-refractivity contribution in [2.75, 3.05) is 5.75 Å². The summed E-state index contributed by atoms with van der Waals surface area (Å²) in [7, 11) is 0. The van der Waals surface area contributed by atoms with Crippen LogP contribution in [0.5, 0.6) is 0 Å². The Kier molecular flexibility index (Phi) is 3.57. The Morgan fingerprint density at radius 1 is 1.50 bits per heavy atom. The minimum atomic E-state index is 0.231. The highest BCUT2D eigenvalue weighted by atomic mass is 32.2. The van der Waals surface area contributed by atoms with Crippen molar-refractivity contribution in [1.29, 1.82) is 0 Å². The first-order chi connectivity index (χ1) is 4.45. The van der Waals surface area contributed by atoms with Gasteiger partial charge in [0.25, 0.3) is 0 Å². The van der Waals surface area contributed by atoms with Gasteiger partial charge in [-0.1, -0.05) is 20.8 Å². The molecule has 0 saturated heterocycles. The maximum atomic E-state index is 5.38. The summed E-state index contributed by atoms with van der Waals surface area (Å²) in [6, 6.07) is 0. The fraction of sp³-hybridized carbons (Fsp3) is 0.833. The van der Waals surface area contributed by atoms with Crippen LogP contribution < -0.4 is 11.6 Å². The van der Waals surface area contributed by atoms with E-state index in [4.69, 9.17) is 11.6 Å². The third-order valence-corrected chi connectivity index (χ3v) is 2.13. The van der Waals surface area contributed by atoms with Crippen molar-refractivity contribution in [3.63, 3.8) is 0 Å². The normalized spacial score (nSPS) is 13.7. The predicted octanol–water partition coefficient (Wildman–Crippen LogP) is 0.749. The van der Waals surface area contributed by atoms with Gasteiger partial charge in [0.1, 0.15) is 5.84 Å². The van der Waals surface area contributed by atoms with Gasteiger partial charge in [-0.25, -0.2) is 0 Å². The molecule has 0 heterocycles. The highest BCUT2D eigenvalue weighted by Gasteiger charge is 2.10. The monoisotopic (exact) mass is 161 g/mol. The third-order valence-electron chi connectivity index (χ3n) is 0.819. The van der Waals surface area contributed by atoms with Gasteiger partial charge in [0, 0.05) is 4.75 Å². The quantitative estimate of drug-likeness (QED) is 0.272. The molecule has 0 aromatic rings. The molecule has 0 unspecified atom stereocenters. The molecule has 0 aliphatic rings. The fourth-order valence-corrected chi connectivity index (χ4v) is 0.983. The molecule has 0 aliphatic carbocycles. The summed E-state index contributed by atoms with van der Waals surface area (Å²) in [6.07, 6.45) is 0. The number of rotatable bonds is 2. The molecule has 0 amide bonds. The van der Waals surface area contributed by atoms with Gasteiger partial charge >= 0.3 is 0 Å². The van der Waals surface area contributed by atoms with Crippen LogP contribution in [0.3, 0.4) is 0 Å². The highest BCUT2D eigenvalue weighted by molar-refractivity contribution is 8.01. The first-order valence-electron chi connectivity index (χ1n) is 3.12. The van der Waals surface area contributed by atoms with Gasteiger partial charge in [-0.15, -0.1) is 11.8 Å². The summed E-state index contributed by atoms with van der Waals surface area (Å²) in [5.41, 5.74) is 5.38. The average molecular weight is 161 g/mol. The van der Waals surface area contributed by atoms with Crippen LogP contribution >= 0.6 is 11.8 Å². The molecule has 4 heteroatoms. The first kappa shape index (κ1) is 9.62. The minimum absolute atomic E-state index is 0.231. The standard InChI is InChI=1S/C6H15N3S/c1-6(2,3)10-4-5(7)9-8/h4,8H2,1-3H3,(H2,7,9). The first-order valence-corrected chi connectivity index (χ1v) is 4.10. The van der Waals surface area contributed by atoms with Crippen LogP contribution in [0.4, 0.5) is 0 Å². The van der Waals surface area contributed by atoms with Gasteiger partial charge < -0.3 is 11.6 Å². The lowest BCUT2D eigenvalue weighted by Crippen LogP contribution is -2.20. The maximum Gasteiger partial charge on any atom is 0.129 e. The van der Waals surface area contributed by atoms with Crippen molar-refractivity contribution in [3.8, 4) is 0 Å². The van der Waals surface area contributed by atoms with Gasteiger partial charge in [-0.3, -0.25) is 0 Å². The molecular formula is C6H15N3S.